The number of rotatable bonds is 4. The van der Waals surface area contributed by atoms with Gasteiger partial charge in [0.25, 0.3) is 0 Å². The zero-order valence-corrected chi connectivity index (χ0v) is 19.1. The van der Waals surface area contributed by atoms with Gasteiger partial charge < -0.3 is 4.90 Å². The smallest absolute Gasteiger partial charge is 0.236 e. The maximum Gasteiger partial charge on any atom is 0.236 e. The second-order valence-electron chi connectivity index (χ2n) is 9.12. The van der Waals surface area contributed by atoms with Gasteiger partial charge in [-0.2, -0.15) is 10.2 Å². The van der Waals surface area contributed by atoms with Crippen molar-refractivity contribution < 1.29 is 4.79 Å². The average Bonchev–Trinajstić information content (AvgIpc) is 3.40. The number of carbonyl (C=O) groups is 1. The van der Waals surface area contributed by atoms with E-state index in [9.17, 15) is 4.79 Å². The van der Waals surface area contributed by atoms with E-state index in [2.05, 4.69) is 57.2 Å². The van der Waals surface area contributed by atoms with Crippen molar-refractivity contribution in [2.75, 3.05) is 33.7 Å². The molecule has 1 atom stereocenters. The molecule has 32 heavy (non-hydrogen) atoms. The molecule has 0 saturated carbocycles. The molecule has 1 aromatic carbocycles. The summed E-state index contributed by atoms with van der Waals surface area (Å²) >= 11 is 0. The van der Waals surface area contributed by atoms with Gasteiger partial charge in [0, 0.05) is 49.4 Å². The van der Waals surface area contributed by atoms with E-state index >= 15 is 0 Å². The minimum Gasteiger partial charge on any atom is -0.348 e. The molecule has 0 aliphatic carbocycles. The Balaban J connectivity index is 1.46. The summed E-state index contributed by atoms with van der Waals surface area (Å²) in [6.07, 6.45) is 5.80. The van der Waals surface area contributed by atoms with Crippen LogP contribution in [0.25, 0.3) is 27.7 Å². The zero-order chi connectivity index (χ0) is 22.4. The quantitative estimate of drug-likeness (QED) is 0.537. The molecule has 3 aromatic heterocycles. The number of benzene rings is 1. The van der Waals surface area contributed by atoms with Crippen LogP contribution in [0.2, 0.25) is 0 Å². The Labute approximate surface area is 187 Å². The Morgan fingerprint density at radius 2 is 2.06 bits per heavy atom. The highest BCUT2D eigenvalue weighted by Crippen LogP contribution is 2.34. The average molecular weight is 432 g/mol. The number of aromatic amines is 1. The van der Waals surface area contributed by atoms with E-state index in [1.54, 1.807) is 11.2 Å². The fourth-order valence-corrected chi connectivity index (χ4v) is 4.82. The number of hydrogen-bond donors (Lipinski definition) is 1. The highest BCUT2D eigenvalue weighted by molar-refractivity contribution is 5.88. The van der Waals surface area contributed by atoms with Crippen molar-refractivity contribution in [2.45, 2.75) is 32.6 Å². The van der Waals surface area contributed by atoms with E-state index < -0.39 is 0 Å². The number of aryl methyl sites for hydroxylation is 2. The predicted molar refractivity (Wildman–Crippen MR) is 125 cm³/mol. The van der Waals surface area contributed by atoms with Crippen LogP contribution in [0.5, 0.6) is 0 Å². The SMILES string of the molecule is Cc1cc2c(C3CCCN(CC(=O)N(C)C)C3)[nH]nc2cc1-c1cc(C)c2ncnn2c1. The number of likely N-dealkylation sites (N-methyl/N-ethyl adjacent to an activating group) is 1. The van der Waals surface area contributed by atoms with Gasteiger partial charge >= 0.3 is 0 Å². The Hall–Kier alpha value is -3.26. The Kier molecular flexibility index (Phi) is 5.17. The van der Waals surface area contributed by atoms with Crippen molar-refractivity contribution in [3.05, 3.63) is 47.5 Å². The minimum absolute atomic E-state index is 0.153. The van der Waals surface area contributed by atoms with Crippen LogP contribution in [0.4, 0.5) is 0 Å². The summed E-state index contributed by atoms with van der Waals surface area (Å²) in [4.78, 5) is 20.4. The first kappa shape index (κ1) is 20.6. The van der Waals surface area contributed by atoms with Crippen LogP contribution in [-0.2, 0) is 4.79 Å². The summed E-state index contributed by atoms with van der Waals surface area (Å²) in [5.41, 5.74) is 7.58. The number of fused-ring (bicyclic) bond motifs is 2. The number of aromatic nitrogens is 5. The normalized spacial score (nSPS) is 17.3. The predicted octanol–water partition coefficient (Wildman–Crippen LogP) is 3.16. The minimum atomic E-state index is 0.153. The molecule has 1 unspecified atom stereocenters. The Bertz CT molecular complexity index is 1300. The second-order valence-corrected chi connectivity index (χ2v) is 9.12. The van der Waals surface area contributed by atoms with Gasteiger partial charge in [0.15, 0.2) is 5.65 Å². The highest BCUT2D eigenvalue weighted by Gasteiger charge is 2.26. The van der Waals surface area contributed by atoms with Gasteiger partial charge in [-0.1, -0.05) is 0 Å². The van der Waals surface area contributed by atoms with E-state index in [1.165, 1.54) is 16.6 Å². The molecule has 0 spiro atoms. The van der Waals surface area contributed by atoms with E-state index in [0.29, 0.717) is 12.5 Å². The van der Waals surface area contributed by atoms with Gasteiger partial charge in [-0.05, 0) is 68.1 Å². The maximum absolute atomic E-state index is 12.2. The first-order valence-electron chi connectivity index (χ1n) is 11.1. The van der Waals surface area contributed by atoms with E-state index in [1.807, 2.05) is 24.8 Å². The Morgan fingerprint density at radius 1 is 1.22 bits per heavy atom. The number of nitrogens with one attached hydrogen (secondary N) is 1. The summed E-state index contributed by atoms with van der Waals surface area (Å²) in [5.74, 6) is 0.503. The monoisotopic (exact) mass is 431 g/mol. The zero-order valence-electron chi connectivity index (χ0n) is 19.1. The lowest BCUT2D eigenvalue weighted by molar-refractivity contribution is -0.130. The number of nitrogens with zero attached hydrogens (tertiary/aromatic N) is 6. The summed E-state index contributed by atoms with van der Waals surface area (Å²) in [5, 5.41) is 13.5. The van der Waals surface area contributed by atoms with Crippen LogP contribution in [0.1, 0.15) is 35.6 Å². The third-order valence-electron chi connectivity index (χ3n) is 6.57. The molecular formula is C24H29N7O. The molecule has 0 bridgehead atoms. The van der Waals surface area contributed by atoms with Crippen LogP contribution < -0.4 is 0 Å². The van der Waals surface area contributed by atoms with Crippen LogP contribution >= 0.6 is 0 Å². The standard InChI is InChI=1S/C24H29N7O/c1-15-9-20-21(10-19(15)18-8-16(2)24-25-14-26-31(24)12-18)27-28-23(20)17-6-5-7-30(11-17)13-22(32)29(3)4/h8-10,12,14,17H,5-7,11,13H2,1-4H3,(H,27,28). The fourth-order valence-electron chi connectivity index (χ4n) is 4.82. The lowest BCUT2D eigenvalue weighted by Crippen LogP contribution is -2.41. The molecule has 1 aliphatic heterocycles. The van der Waals surface area contributed by atoms with Crippen molar-refractivity contribution in [3.8, 4) is 11.1 Å². The van der Waals surface area contributed by atoms with Crippen LogP contribution in [-0.4, -0.2) is 74.2 Å². The molecule has 166 valence electrons. The van der Waals surface area contributed by atoms with Gasteiger partial charge in [-0.15, -0.1) is 0 Å². The van der Waals surface area contributed by atoms with E-state index in [-0.39, 0.29) is 5.91 Å². The highest BCUT2D eigenvalue weighted by atomic mass is 16.2. The summed E-state index contributed by atoms with van der Waals surface area (Å²) < 4.78 is 1.83. The van der Waals surface area contributed by atoms with E-state index in [0.717, 1.165) is 53.8 Å². The largest absolute Gasteiger partial charge is 0.348 e. The van der Waals surface area contributed by atoms with Gasteiger partial charge in [0.1, 0.15) is 6.33 Å². The van der Waals surface area contributed by atoms with Crippen LogP contribution in [0, 0.1) is 13.8 Å². The molecule has 8 nitrogen and oxygen atoms in total. The van der Waals surface area contributed by atoms with Gasteiger partial charge in [0.05, 0.1) is 12.1 Å². The van der Waals surface area contributed by atoms with E-state index in [4.69, 9.17) is 0 Å². The maximum atomic E-state index is 12.2. The third kappa shape index (κ3) is 3.64. The summed E-state index contributed by atoms with van der Waals surface area (Å²) in [6, 6.07) is 6.57. The number of amides is 1. The van der Waals surface area contributed by atoms with Gasteiger partial charge in [0.2, 0.25) is 5.91 Å². The molecule has 4 heterocycles. The molecule has 1 aliphatic rings. The molecule has 0 radical (unpaired) electrons. The molecule has 4 aromatic rings. The van der Waals surface area contributed by atoms with Gasteiger partial charge in [-0.3, -0.25) is 14.8 Å². The first-order chi connectivity index (χ1) is 15.4. The van der Waals surface area contributed by atoms with Crippen molar-refractivity contribution in [3.63, 3.8) is 0 Å². The van der Waals surface area contributed by atoms with Crippen molar-refractivity contribution >= 4 is 22.5 Å². The number of carbonyl (C=O) groups excluding carboxylic acids is 1. The molecule has 1 N–H and O–H groups in total. The molecule has 1 saturated heterocycles. The van der Waals surface area contributed by atoms with Crippen molar-refractivity contribution in [1.29, 1.82) is 0 Å². The molecular weight excluding hydrogens is 402 g/mol. The van der Waals surface area contributed by atoms with Gasteiger partial charge in [-0.25, -0.2) is 9.50 Å². The summed E-state index contributed by atoms with van der Waals surface area (Å²) in [7, 11) is 3.63. The lowest BCUT2D eigenvalue weighted by Gasteiger charge is -2.32. The van der Waals surface area contributed by atoms with Crippen molar-refractivity contribution in [1.82, 2.24) is 34.6 Å². The number of hydrogen-bond acceptors (Lipinski definition) is 5. The molecule has 8 heteroatoms. The number of H-pyrrole nitrogens is 1. The Morgan fingerprint density at radius 3 is 2.88 bits per heavy atom. The lowest BCUT2D eigenvalue weighted by atomic mass is 9.91. The van der Waals surface area contributed by atoms with Crippen molar-refractivity contribution in [2.24, 2.45) is 0 Å². The van der Waals surface area contributed by atoms with Crippen LogP contribution in [0.3, 0.4) is 0 Å². The first-order valence-corrected chi connectivity index (χ1v) is 11.1. The van der Waals surface area contributed by atoms with Crippen LogP contribution in [0.15, 0.2) is 30.7 Å². The molecule has 1 amide bonds. The second kappa shape index (κ2) is 8.02. The molecule has 1 fully saturated rings. The number of pyridine rings is 1. The molecule has 5 rings (SSSR count). The fraction of sp³-hybridized carbons (Fsp3) is 0.417. The topological polar surface area (TPSA) is 82.4 Å². The number of piperidine rings is 1. The third-order valence-corrected chi connectivity index (χ3v) is 6.57. The number of likely N-dealkylation sites (tertiary alicyclic amines) is 1. The summed E-state index contributed by atoms with van der Waals surface area (Å²) in [6.45, 7) is 6.53.